The first-order valence-corrected chi connectivity index (χ1v) is 4.63. The van der Waals surface area contributed by atoms with E-state index < -0.39 is 0 Å². The molecule has 0 aliphatic heterocycles. The van der Waals surface area contributed by atoms with Gasteiger partial charge in [0, 0.05) is 6.42 Å². The van der Waals surface area contributed by atoms with Gasteiger partial charge in [-0.05, 0) is 12.8 Å². The molecular weight excluding hydrogens is 248 g/mol. The van der Waals surface area contributed by atoms with Crippen LogP contribution in [0, 0.1) is 0 Å². The van der Waals surface area contributed by atoms with Crippen molar-refractivity contribution in [1.82, 2.24) is 0 Å². The molecule has 0 radical (unpaired) electrons. The highest BCUT2D eigenvalue weighted by atomic mass is 79.9. The summed E-state index contributed by atoms with van der Waals surface area (Å²) in [6.45, 7) is 0. The van der Waals surface area contributed by atoms with E-state index in [1.54, 1.807) is 0 Å². The van der Waals surface area contributed by atoms with Crippen LogP contribution in [0.4, 0.5) is 0 Å². The molecule has 0 bridgehead atoms. The van der Waals surface area contributed by atoms with Crippen LogP contribution in [0.15, 0.2) is 0 Å². The highest BCUT2D eigenvalue weighted by Crippen LogP contribution is 2.38. The fraction of sp³-hybridized carbons (Fsp3) is 0.833. The molecule has 0 aromatic rings. The lowest BCUT2D eigenvalue weighted by Crippen LogP contribution is -2.27. The van der Waals surface area contributed by atoms with Gasteiger partial charge in [-0.25, -0.2) is 0 Å². The predicted molar refractivity (Wildman–Crippen MR) is 44.1 cm³/mol. The zero-order chi connectivity index (χ0) is 6.91. The maximum atomic E-state index is 11.0. The van der Waals surface area contributed by atoms with Crippen molar-refractivity contribution in [2.45, 2.75) is 28.9 Å². The normalized spacial score (nSPS) is 26.2. The van der Waals surface area contributed by atoms with E-state index in [-0.39, 0.29) is 9.02 Å². The summed E-state index contributed by atoms with van der Waals surface area (Å²) in [4.78, 5) is 11.0. The molecular formula is C6H8Br2O. The monoisotopic (exact) mass is 254 g/mol. The molecule has 3 heteroatoms. The first-order chi connectivity index (χ1) is 4.13. The molecule has 9 heavy (non-hydrogen) atoms. The average Bonchev–Trinajstić information content (AvgIpc) is 1.77. The average molecular weight is 256 g/mol. The molecule has 1 aliphatic rings. The number of alkyl halides is 2. The summed E-state index contributed by atoms with van der Waals surface area (Å²) >= 11 is 6.65. The Morgan fingerprint density at radius 3 is 2.33 bits per heavy atom. The highest BCUT2D eigenvalue weighted by molar-refractivity contribution is 9.25. The minimum atomic E-state index is -0.377. The Morgan fingerprint density at radius 2 is 2.00 bits per heavy atom. The van der Waals surface area contributed by atoms with Crippen LogP contribution in [-0.4, -0.2) is 9.02 Å². The van der Waals surface area contributed by atoms with Crippen LogP contribution in [0.3, 0.4) is 0 Å². The molecule has 52 valence electrons. The van der Waals surface area contributed by atoms with Crippen molar-refractivity contribution in [3.63, 3.8) is 0 Å². The second-order valence-corrected chi connectivity index (χ2v) is 6.11. The number of hydrogen-bond donors (Lipinski definition) is 0. The molecule has 0 atom stereocenters. The summed E-state index contributed by atoms with van der Waals surface area (Å²) < 4.78 is -0.377. The first-order valence-electron chi connectivity index (χ1n) is 3.04. The lowest BCUT2D eigenvalue weighted by atomic mass is 9.99. The summed E-state index contributed by atoms with van der Waals surface area (Å²) in [6, 6.07) is 0. The van der Waals surface area contributed by atoms with Crippen molar-refractivity contribution in [2.75, 3.05) is 0 Å². The zero-order valence-corrected chi connectivity index (χ0v) is 8.16. The van der Waals surface area contributed by atoms with Gasteiger partial charge in [-0.1, -0.05) is 38.3 Å². The number of hydrogen-bond acceptors (Lipinski definition) is 1. The lowest BCUT2D eigenvalue weighted by molar-refractivity contribution is -0.120. The van der Waals surface area contributed by atoms with Crippen molar-refractivity contribution >= 4 is 37.6 Å². The van der Waals surface area contributed by atoms with Crippen molar-refractivity contribution in [1.29, 1.82) is 0 Å². The summed E-state index contributed by atoms with van der Waals surface area (Å²) in [7, 11) is 0. The Hall–Kier alpha value is 0.630. The fourth-order valence-electron chi connectivity index (χ4n) is 0.955. The van der Waals surface area contributed by atoms with Crippen LogP contribution in [0.25, 0.3) is 0 Å². The van der Waals surface area contributed by atoms with Gasteiger partial charge in [0.05, 0.1) is 0 Å². The van der Waals surface area contributed by atoms with Gasteiger partial charge < -0.3 is 0 Å². The van der Waals surface area contributed by atoms with Gasteiger partial charge in [-0.15, -0.1) is 0 Å². The fourth-order valence-corrected chi connectivity index (χ4v) is 1.91. The van der Waals surface area contributed by atoms with E-state index in [4.69, 9.17) is 0 Å². The molecule has 0 spiro atoms. The lowest BCUT2D eigenvalue weighted by Gasteiger charge is -2.22. The van der Waals surface area contributed by atoms with E-state index in [0.717, 1.165) is 25.7 Å². The molecule has 1 saturated carbocycles. The van der Waals surface area contributed by atoms with E-state index in [1.807, 2.05) is 0 Å². The number of ketones is 1. The van der Waals surface area contributed by atoms with E-state index in [0.29, 0.717) is 0 Å². The standard InChI is InChI=1S/C6H8Br2O/c7-6(8)4-2-1-3-5(6)9/h1-4H2. The molecule has 0 saturated heterocycles. The maximum absolute atomic E-state index is 11.0. The quantitative estimate of drug-likeness (QED) is 0.609. The zero-order valence-electron chi connectivity index (χ0n) is 4.99. The SMILES string of the molecule is O=C1CCCCC1(Br)Br. The van der Waals surface area contributed by atoms with Gasteiger partial charge in [0.1, 0.15) is 3.23 Å². The van der Waals surface area contributed by atoms with E-state index >= 15 is 0 Å². The van der Waals surface area contributed by atoms with Crippen LogP contribution in [0.2, 0.25) is 0 Å². The Balaban J connectivity index is 2.60. The number of rotatable bonds is 0. The second-order valence-electron chi connectivity index (χ2n) is 2.33. The Labute approximate surface area is 71.5 Å². The molecule has 1 rings (SSSR count). The van der Waals surface area contributed by atoms with Crippen molar-refractivity contribution in [3.8, 4) is 0 Å². The molecule has 0 heterocycles. The van der Waals surface area contributed by atoms with Gasteiger partial charge in [0.15, 0.2) is 5.78 Å². The summed E-state index contributed by atoms with van der Waals surface area (Å²) in [5.74, 6) is 0.286. The minimum Gasteiger partial charge on any atom is -0.297 e. The number of carbonyl (C=O) groups excluding carboxylic acids is 1. The molecule has 1 nitrogen and oxygen atoms in total. The van der Waals surface area contributed by atoms with E-state index in [2.05, 4.69) is 31.9 Å². The molecule has 1 fully saturated rings. The van der Waals surface area contributed by atoms with Crippen molar-refractivity contribution in [3.05, 3.63) is 0 Å². The van der Waals surface area contributed by atoms with Crippen molar-refractivity contribution in [2.24, 2.45) is 0 Å². The number of halogens is 2. The second kappa shape index (κ2) is 2.70. The molecule has 0 aromatic heterocycles. The van der Waals surface area contributed by atoms with Crippen LogP contribution < -0.4 is 0 Å². The number of carbonyl (C=O) groups is 1. The maximum Gasteiger partial charge on any atom is 0.160 e. The van der Waals surface area contributed by atoms with Crippen LogP contribution in [-0.2, 0) is 4.79 Å². The van der Waals surface area contributed by atoms with E-state index in [1.165, 1.54) is 0 Å². The largest absolute Gasteiger partial charge is 0.297 e. The van der Waals surface area contributed by atoms with Crippen molar-refractivity contribution < 1.29 is 4.79 Å². The van der Waals surface area contributed by atoms with Gasteiger partial charge in [0.25, 0.3) is 0 Å². The Bertz CT molecular complexity index is 131. The Morgan fingerprint density at radius 1 is 1.33 bits per heavy atom. The first kappa shape index (κ1) is 7.73. The highest BCUT2D eigenvalue weighted by Gasteiger charge is 2.33. The molecule has 0 unspecified atom stereocenters. The third-order valence-corrected chi connectivity index (χ3v) is 3.23. The third-order valence-electron chi connectivity index (χ3n) is 1.55. The van der Waals surface area contributed by atoms with Gasteiger partial charge >= 0.3 is 0 Å². The van der Waals surface area contributed by atoms with Crippen LogP contribution in [0.5, 0.6) is 0 Å². The van der Waals surface area contributed by atoms with Gasteiger partial charge in [-0.3, -0.25) is 4.79 Å². The smallest absolute Gasteiger partial charge is 0.160 e. The topological polar surface area (TPSA) is 17.1 Å². The molecule has 0 amide bonds. The van der Waals surface area contributed by atoms with Gasteiger partial charge in [-0.2, -0.15) is 0 Å². The van der Waals surface area contributed by atoms with Gasteiger partial charge in [0.2, 0.25) is 0 Å². The van der Waals surface area contributed by atoms with Crippen LogP contribution >= 0.6 is 31.9 Å². The Kier molecular flexibility index (Phi) is 2.32. The number of Topliss-reactive ketones (excluding diaryl/α,β-unsaturated/α-hetero) is 1. The predicted octanol–water partition coefficient (Wildman–Crippen LogP) is 2.62. The van der Waals surface area contributed by atoms with E-state index in [9.17, 15) is 4.79 Å². The molecule has 0 aromatic carbocycles. The summed E-state index contributed by atoms with van der Waals surface area (Å²) in [5, 5.41) is 0. The molecule has 1 aliphatic carbocycles. The minimum absolute atomic E-state index is 0.286. The summed E-state index contributed by atoms with van der Waals surface area (Å²) in [6.07, 6.45) is 3.84. The van der Waals surface area contributed by atoms with Crippen LogP contribution in [0.1, 0.15) is 25.7 Å². The third kappa shape index (κ3) is 1.77. The molecule has 0 N–H and O–H groups in total. The summed E-state index contributed by atoms with van der Waals surface area (Å²) in [5.41, 5.74) is 0.